The van der Waals surface area contributed by atoms with Crippen LogP contribution in [0.1, 0.15) is 34.8 Å². The Bertz CT molecular complexity index is 1250. The van der Waals surface area contributed by atoms with Crippen molar-refractivity contribution >= 4 is 29.0 Å². The standard InChI is InChI=1S/C26H21ClF2N2O2/c1-26(12-5-13-31(26)16-17-8-10-21(28)22(29)14-17)25(33)30-23-11-9-19(27)15-20(23)24(32)18-6-3-2-4-7-18/h2-11,13-15H,12,16H2,1H3,(H,30,33)/t26-/m1/s1. The number of amides is 1. The summed E-state index contributed by atoms with van der Waals surface area (Å²) in [5, 5.41) is 3.25. The second-order valence-corrected chi connectivity index (χ2v) is 8.51. The summed E-state index contributed by atoms with van der Waals surface area (Å²) in [6, 6.07) is 17.1. The minimum absolute atomic E-state index is 0.216. The van der Waals surface area contributed by atoms with Gasteiger partial charge in [0.05, 0.1) is 5.69 Å². The lowest BCUT2D eigenvalue weighted by Gasteiger charge is -2.35. The average Bonchev–Trinajstić information content (AvgIpc) is 3.19. The molecule has 4 nitrogen and oxygen atoms in total. The molecule has 1 amide bonds. The Morgan fingerprint density at radius 3 is 2.52 bits per heavy atom. The molecule has 168 valence electrons. The normalized spacial score (nSPS) is 17.3. The monoisotopic (exact) mass is 466 g/mol. The zero-order valence-electron chi connectivity index (χ0n) is 17.8. The van der Waals surface area contributed by atoms with E-state index in [4.69, 9.17) is 11.6 Å². The molecule has 0 fully saturated rings. The molecule has 33 heavy (non-hydrogen) atoms. The smallest absolute Gasteiger partial charge is 0.250 e. The van der Waals surface area contributed by atoms with Gasteiger partial charge in [0.1, 0.15) is 5.54 Å². The molecule has 3 aromatic rings. The fraction of sp³-hybridized carbons (Fsp3) is 0.154. The summed E-state index contributed by atoms with van der Waals surface area (Å²) in [6.07, 6.45) is 4.02. The van der Waals surface area contributed by atoms with Crippen molar-refractivity contribution in [1.82, 2.24) is 4.90 Å². The molecule has 7 heteroatoms. The van der Waals surface area contributed by atoms with Crippen molar-refractivity contribution in [3.05, 3.63) is 112 Å². The number of hydrogen-bond acceptors (Lipinski definition) is 3. The van der Waals surface area contributed by atoms with Gasteiger partial charge in [-0.2, -0.15) is 0 Å². The van der Waals surface area contributed by atoms with Crippen LogP contribution < -0.4 is 5.32 Å². The number of nitrogens with one attached hydrogen (secondary N) is 1. The lowest BCUT2D eigenvalue weighted by atomic mass is 9.95. The number of hydrogen-bond donors (Lipinski definition) is 1. The van der Waals surface area contributed by atoms with Gasteiger partial charge in [0.25, 0.3) is 0 Å². The first-order valence-electron chi connectivity index (χ1n) is 10.4. The molecular formula is C26H21ClF2N2O2. The maximum absolute atomic E-state index is 13.7. The summed E-state index contributed by atoms with van der Waals surface area (Å²) in [6.45, 7) is 1.98. The molecule has 1 N–H and O–H groups in total. The van der Waals surface area contributed by atoms with E-state index in [9.17, 15) is 18.4 Å². The van der Waals surface area contributed by atoms with Gasteiger partial charge in [0.2, 0.25) is 5.91 Å². The maximum Gasteiger partial charge on any atom is 0.250 e. The third-order valence-corrected chi connectivity index (χ3v) is 6.01. The largest absolute Gasteiger partial charge is 0.359 e. The number of carbonyl (C=O) groups excluding carboxylic acids is 2. The van der Waals surface area contributed by atoms with Crippen LogP contribution in [0.15, 0.2) is 79.0 Å². The van der Waals surface area contributed by atoms with E-state index in [1.54, 1.807) is 54.4 Å². The van der Waals surface area contributed by atoms with E-state index in [2.05, 4.69) is 5.32 Å². The molecule has 0 radical (unpaired) electrons. The van der Waals surface area contributed by atoms with Crippen molar-refractivity contribution in [2.24, 2.45) is 0 Å². The van der Waals surface area contributed by atoms with Crippen LogP contribution in [0, 0.1) is 11.6 Å². The Balaban J connectivity index is 1.58. The van der Waals surface area contributed by atoms with Crippen LogP contribution in [0.25, 0.3) is 0 Å². The first-order valence-corrected chi connectivity index (χ1v) is 10.7. The van der Waals surface area contributed by atoms with E-state index in [0.717, 1.165) is 12.1 Å². The predicted octanol–water partition coefficient (Wildman–Crippen LogP) is 5.97. The van der Waals surface area contributed by atoms with Crippen LogP contribution in [0.3, 0.4) is 0 Å². The predicted molar refractivity (Wildman–Crippen MR) is 124 cm³/mol. The molecule has 0 spiro atoms. The first-order chi connectivity index (χ1) is 15.8. The molecule has 1 aliphatic heterocycles. The van der Waals surface area contributed by atoms with Gasteiger partial charge >= 0.3 is 0 Å². The van der Waals surface area contributed by atoms with Crippen molar-refractivity contribution in [3.63, 3.8) is 0 Å². The summed E-state index contributed by atoms with van der Waals surface area (Å²) in [5.41, 5.74) is 0.648. The van der Waals surface area contributed by atoms with Gasteiger partial charge in [-0.3, -0.25) is 9.59 Å². The maximum atomic E-state index is 13.7. The third-order valence-electron chi connectivity index (χ3n) is 5.77. The number of ketones is 1. The van der Waals surface area contributed by atoms with Gasteiger partial charge in [0.15, 0.2) is 17.4 Å². The Morgan fingerprint density at radius 1 is 1.03 bits per heavy atom. The average molecular weight is 467 g/mol. The number of carbonyl (C=O) groups is 2. The molecule has 1 heterocycles. The van der Waals surface area contributed by atoms with Crippen LogP contribution in [-0.4, -0.2) is 22.1 Å². The molecule has 0 saturated carbocycles. The van der Waals surface area contributed by atoms with Crippen molar-refractivity contribution in [2.45, 2.75) is 25.4 Å². The molecule has 1 aliphatic rings. The minimum Gasteiger partial charge on any atom is -0.359 e. The lowest BCUT2D eigenvalue weighted by molar-refractivity contribution is -0.125. The molecule has 0 saturated heterocycles. The Hall–Kier alpha value is -3.51. The Labute approximate surface area is 195 Å². The van der Waals surface area contributed by atoms with E-state index in [-0.39, 0.29) is 23.8 Å². The van der Waals surface area contributed by atoms with E-state index in [0.29, 0.717) is 28.3 Å². The highest BCUT2D eigenvalue weighted by Crippen LogP contribution is 2.32. The Morgan fingerprint density at radius 2 is 1.79 bits per heavy atom. The quantitative estimate of drug-likeness (QED) is 0.455. The molecule has 0 aromatic heterocycles. The molecule has 1 atom stereocenters. The van der Waals surface area contributed by atoms with Gasteiger partial charge in [-0.05, 0) is 55.4 Å². The van der Waals surface area contributed by atoms with Crippen molar-refractivity contribution in [2.75, 3.05) is 5.32 Å². The topological polar surface area (TPSA) is 49.4 Å². The number of rotatable bonds is 6. The molecule has 0 bridgehead atoms. The van der Waals surface area contributed by atoms with Crippen LogP contribution >= 0.6 is 11.6 Å². The Kier molecular flexibility index (Phi) is 6.29. The molecule has 4 rings (SSSR count). The summed E-state index contributed by atoms with van der Waals surface area (Å²) in [4.78, 5) is 28.2. The van der Waals surface area contributed by atoms with Crippen LogP contribution in [-0.2, 0) is 11.3 Å². The highest BCUT2D eigenvalue weighted by molar-refractivity contribution is 6.31. The molecular weight excluding hydrogens is 446 g/mol. The molecule has 0 aliphatic carbocycles. The van der Waals surface area contributed by atoms with E-state index in [1.807, 2.05) is 12.1 Å². The minimum atomic E-state index is -0.989. The van der Waals surface area contributed by atoms with Gasteiger partial charge < -0.3 is 10.2 Å². The summed E-state index contributed by atoms with van der Waals surface area (Å²) in [7, 11) is 0. The van der Waals surface area contributed by atoms with Crippen LogP contribution in [0.4, 0.5) is 14.5 Å². The van der Waals surface area contributed by atoms with Crippen molar-refractivity contribution < 1.29 is 18.4 Å². The molecule has 3 aromatic carbocycles. The van der Waals surface area contributed by atoms with Crippen LogP contribution in [0.5, 0.6) is 0 Å². The second-order valence-electron chi connectivity index (χ2n) is 8.08. The highest BCUT2D eigenvalue weighted by atomic mass is 35.5. The SMILES string of the molecule is C[C@]1(C(=O)Nc2ccc(Cl)cc2C(=O)c2ccccc2)CC=CN1Cc1ccc(F)c(F)c1. The lowest BCUT2D eigenvalue weighted by Crippen LogP contribution is -2.49. The van der Waals surface area contributed by atoms with Gasteiger partial charge in [-0.1, -0.05) is 54.1 Å². The fourth-order valence-electron chi connectivity index (χ4n) is 3.79. The van der Waals surface area contributed by atoms with Gasteiger partial charge in [0, 0.05) is 22.7 Å². The summed E-state index contributed by atoms with van der Waals surface area (Å²) in [5.74, 6) is -2.46. The van der Waals surface area contributed by atoms with Crippen molar-refractivity contribution in [3.8, 4) is 0 Å². The second kappa shape index (κ2) is 9.16. The number of benzene rings is 3. The van der Waals surface area contributed by atoms with Crippen LogP contribution in [0.2, 0.25) is 5.02 Å². The summed E-state index contributed by atoms with van der Waals surface area (Å²) >= 11 is 6.14. The van der Waals surface area contributed by atoms with E-state index in [1.165, 1.54) is 12.1 Å². The van der Waals surface area contributed by atoms with E-state index >= 15 is 0 Å². The zero-order chi connectivity index (χ0) is 23.6. The molecule has 0 unspecified atom stereocenters. The third kappa shape index (κ3) is 4.66. The van der Waals surface area contributed by atoms with Gasteiger partial charge in [-0.25, -0.2) is 8.78 Å². The fourth-order valence-corrected chi connectivity index (χ4v) is 3.96. The van der Waals surface area contributed by atoms with E-state index < -0.39 is 17.2 Å². The first kappa shape index (κ1) is 22.7. The van der Waals surface area contributed by atoms with Gasteiger partial charge in [-0.15, -0.1) is 0 Å². The summed E-state index contributed by atoms with van der Waals surface area (Å²) < 4.78 is 26.9. The number of nitrogens with zero attached hydrogens (tertiary/aromatic N) is 1. The van der Waals surface area contributed by atoms with Crippen molar-refractivity contribution in [1.29, 1.82) is 0 Å². The highest BCUT2D eigenvalue weighted by Gasteiger charge is 2.40. The number of anilines is 1. The zero-order valence-corrected chi connectivity index (χ0v) is 18.6. The number of halogens is 3.